The van der Waals surface area contributed by atoms with Crippen molar-refractivity contribution in [2.75, 3.05) is 12.4 Å². The molecule has 0 bridgehead atoms. The zero-order valence-corrected chi connectivity index (χ0v) is 7.17. The summed E-state index contributed by atoms with van der Waals surface area (Å²) >= 11 is 0. The first kappa shape index (κ1) is 8.95. The van der Waals surface area contributed by atoms with Crippen molar-refractivity contribution in [2.45, 2.75) is 4.90 Å². The minimum atomic E-state index is -4.17. The summed E-state index contributed by atoms with van der Waals surface area (Å²) < 4.78 is 30.1. The highest BCUT2D eigenvalue weighted by Gasteiger charge is 2.13. The molecule has 0 aromatic carbocycles. The third-order valence-corrected chi connectivity index (χ3v) is 2.21. The highest BCUT2D eigenvalue weighted by atomic mass is 32.2. The first-order valence-electron chi connectivity index (χ1n) is 3.15. The zero-order chi connectivity index (χ0) is 9.19. The van der Waals surface area contributed by atoms with Gasteiger partial charge in [0, 0.05) is 13.2 Å². The molecule has 0 aliphatic rings. The van der Waals surface area contributed by atoms with Crippen LogP contribution in [0.15, 0.2) is 23.4 Å². The fraction of sp³-hybridized carbons (Fsp3) is 0.167. The number of anilines is 1. The molecule has 1 aromatic heterocycles. The molecule has 0 aliphatic carbocycles. The first-order chi connectivity index (χ1) is 5.55. The van der Waals surface area contributed by atoms with Crippen molar-refractivity contribution in [3.05, 3.63) is 18.5 Å². The van der Waals surface area contributed by atoms with Gasteiger partial charge in [-0.2, -0.15) is 8.42 Å². The van der Waals surface area contributed by atoms with Crippen molar-refractivity contribution < 1.29 is 13.0 Å². The second-order valence-corrected chi connectivity index (χ2v) is 3.49. The maximum atomic E-state index is 10.7. The van der Waals surface area contributed by atoms with Crippen LogP contribution >= 0.6 is 0 Å². The first-order valence-corrected chi connectivity index (χ1v) is 4.59. The van der Waals surface area contributed by atoms with Crippen molar-refractivity contribution >= 4 is 15.8 Å². The van der Waals surface area contributed by atoms with Crippen LogP contribution < -0.4 is 5.32 Å². The van der Waals surface area contributed by atoms with Crippen LogP contribution in [0.3, 0.4) is 0 Å². The molecule has 1 rings (SSSR count). The van der Waals surface area contributed by atoms with Gasteiger partial charge in [-0.3, -0.25) is 9.54 Å². The van der Waals surface area contributed by atoms with Crippen LogP contribution in [-0.2, 0) is 10.1 Å². The fourth-order valence-electron chi connectivity index (χ4n) is 0.792. The van der Waals surface area contributed by atoms with Crippen molar-refractivity contribution in [1.29, 1.82) is 0 Å². The van der Waals surface area contributed by atoms with Crippen LogP contribution in [0.1, 0.15) is 0 Å². The lowest BCUT2D eigenvalue weighted by atomic mass is 10.4. The molecule has 0 amide bonds. The van der Waals surface area contributed by atoms with Gasteiger partial charge in [0.05, 0.1) is 11.9 Å². The average molecular weight is 188 g/mol. The van der Waals surface area contributed by atoms with Crippen LogP contribution in [0.4, 0.5) is 5.69 Å². The minimum Gasteiger partial charge on any atom is -0.387 e. The number of aromatic nitrogens is 1. The van der Waals surface area contributed by atoms with E-state index in [0.717, 1.165) is 6.20 Å². The van der Waals surface area contributed by atoms with E-state index in [4.69, 9.17) is 4.55 Å². The molecular formula is C6H8N2O3S. The maximum Gasteiger partial charge on any atom is 0.298 e. The molecule has 6 heteroatoms. The monoisotopic (exact) mass is 188 g/mol. The normalized spacial score (nSPS) is 11.2. The van der Waals surface area contributed by atoms with Gasteiger partial charge in [-0.15, -0.1) is 0 Å². The molecule has 5 nitrogen and oxygen atoms in total. The second-order valence-electron chi connectivity index (χ2n) is 2.10. The average Bonchev–Trinajstić information content (AvgIpc) is 2.03. The quantitative estimate of drug-likeness (QED) is 0.655. The smallest absolute Gasteiger partial charge is 0.298 e. The van der Waals surface area contributed by atoms with Crippen LogP contribution in [-0.4, -0.2) is 25.0 Å². The van der Waals surface area contributed by atoms with Gasteiger partial charge in [0.1, 0.15) is 4.90 Å². The molecule has 12 heavy (non-hydrogen) atoms. The molecule has 0 atom stereocenters. The Bertz CT molecular complexity index is 374. The lowest BCUT2D eigenvalue weighted by molar-refractivity contribution is 0.483. The Morgan fingerprint density at radius 2 is 2.25 bits per heavy atom. The summed E-state index contributed by atoms with van der Waals surface area (Å²) in [4.78, 5) is 3.37. The Balaban J connectivity index is 3.33. The Morgan fingerprint density at radius 3 is 2.67 bits per heavy atom. The molecule has 0 spiro atoms. The summed E-state index contributed by atoms with van der Waals surface area (Å²) in [6.45, 7) is 0. The predicted molar refractivity (Wildman–Crippen MR) is 43.6 cm³/mol. The van der Waals surface area contributed by atoms with E-state index >= 15 is 0 Å². The topological polar surface area (TPSA) is 79.3 Å². The van der Waals surface area contributed by atoms with E-state index in [1.807, 2.05) is 0 Å². The zero-order valence-electron chi connectivity index (χ0n) is 6.35. The Hall–Kier alpha value is -1.14. The molecule has 0 aliphatic heterocycles. The largest absolute Gasteiger partial charge is 0.387 e. The molecule has 0 fully saturated rings. The summed E-state index contributed by atoms with van der Waals surface area (Å²) in [5.74, 6) is 0. The van der Waals surface area contributed by atoms with Gasteiger partial charge in [-0.05, 0) is 6.07 Å². The summed E-state index contributed by atoms with van der Waals surface area (Å²) in [5.41, 5.74) is 0.326. The van der Waals surface area contributed by atoms with Crippen LogP contribution in [0.5, 0.6) is 0 Å². The summed E-state index contributed by atoms with van der Waals surface area (Å²) in [7, 11) is -2.61. The van der Waals surface area contributed by atoms with Crippen molar-refractivity contribution in [2.24, 2.45) is 0 Å². The predicted octanol–water partition coefficient (Wildman–Crippen LogP) is 0.370. The van der Waals surface area contributed by atoms with Gasteiger partial charge < -0.3 is 5.32 Å². The third-order valence-electron chi connectivity index (χ3n) is 1.33. The van der Waals surface area contributed by atoms with E-state index in [1.54, 1.807) is 7.05 Å². The van der Waals surface area contributed by atoms with E-state index in [0.29, 0.717) is 5.69 Å². The minimum absolute atomic E-state index is 0.215. The number of rotatable bonds is 2. The van der Waals surface area contributed by atoms with Crippen LogP contribution in [0.25, 0.3) is 0 Å². The van der Waals surface area contributed by atoms with Gasteiger partial charge in [0.25, 0.3) is 10.1 Å². The summed E-state index contributed by atoms with van der Waals surface area (Å²) in [6.07, 6.45) is 2.52. The Labute approximate surface area is 70.2 Å². The van der Waals surface area contributed by atoms with E-state index in [2.05, 4.69) is 10.3 Å². The van der Waals surface area contributed by atoms with Gasteiger partial charge in [0.2, 0.25) is 0 Å². The lowest BCUT2D eigenvalue weighted by Crippen LogP contribution is -2.03. The number of nitrogens with one attached hydrogen (secondary N) is 1. The number of hydrogen-bond acceptors (Lipinski definition) is 4. The molecule has 66 valence electrons. The third kappa shape index (κ3) is 1.72. The van der Waals surface area contributed by atoms with Crippen LogP contribution in [0, 0.1) is 0 Å². The molecule has 0 saturated heterocycles. The van der Waals surface area contributed by atoms with Crippen molar-refractivity contribution in [1.82, 2.24) is 4.98 Å². The molecular weight excluding hydrogens is 180 g/mol. The van der Waals surface area contributed by atoms with E-state index in [9.17, 15) is 8.42 Å². The van der Waals surface area contributed by atoms with Crippen molar-refractivity contribution in [3.63, 3.8) is 0 Å². The highest BCUT2D eigenvalue weighted by Crippen LogP contribution is 2.17. The molecule has 2 N–H and O–H groups in total. The van der Waals surface area contributed by atoms with Gasteiger partial charge in [0.15, 0.2) is 0 Å². The lowest BCUT2D eigenvalue weighted by Gasteiger charge is -2.03. The van der Waals surface area contributed by atoms with E-state index in [-0.39, 0.29) is 4.90 Å². The van der Waals surface area contributed by atoms with Gasteiger partial charge >= 0.3 is 0 Å². The number of hydrogen-bond donors (Lipinski definition) is 2. The SMILES string of the molecule is CNc1ccncc1S(=O)(=O)O. The molecule has 1 aromatic rings. The highest BCUT2D eigenvalue weighted by molar-refractivity contribution is 7.86. The maximum absolute atomic E-state index is 10.7. The van der Waals surface area contributed by atoms with E-state index in [1.165, 1.54) is 12.3 Å². The number of pyridine rings is 1. The molecule has 1 heterocycles. The number of nitrogens with zero attached hydrogens (tertiary/aromatic N) is 1. The fourth-order valence-corrected chi connectivity index (χ4v) is 1.43. The summed E-state index contributed by atoms with van der Waals surface area (Å²) in [6, 6.07) is 1.46. The van der Waals surface area contributed by atoms with E-state index < -0.39 is 10.1 Å². The Morgan fingerprint density at radius 1 is 1.58 bits per heavy atom. The second kappa shape index (κ2) is 3.08. The molecule has 0 unspecified atom stereocenters. The standard InChI is InChI=1S/C6H8N2O3S/c1-7-5-2-3-8-4-6(5)12(9,10)11/h2-4H,1H3,(H,7,8)(H,9,10,11). The van der Waals surface area contributed by atoms with Crippen LogP contribution in [0.2, 0.25) is 0 Å². The van der Waals surface area contributed by atoms with Gasteiger partial charge in [-0.25, -0.2) is 0 Å². The Kier molecular flexibility index (Phi) is 2.30. The molecule has 0 radical (unpaired) electrons. The van der Waals surface area contributed by atoms with Crippen molar-refractivity contribution in [3.8, 4) is 0 Å². The molecule has 0 saturated carbocycles. The van der Waals surface area contributed by atoms with Gasteiger partial charge in [-0.1, -0.05) is 0 Å². The summed E-state index contributed by atoms with van der Waals surface area (Å²) in [5, 5.41) is 2.62.